The molecular formula is C26H50O4Si2. The molecule has 186 valence electrons. The van der Waals surface area contributed by atoms with Crippen molar-refractivity contribution < 1.29 is 18.9 Å². The molecule has 0 N–H and O–H groups in total. The Morgan fingerprint density at radius 2 is 0.812 bits per heavy atom. The van der Waals surface area contributed by atoms with E-state index in [0.29, 0.717) is 0 Å². The van der Waals surface area contributed by atoms with E-state index in [1.165, 1.54) is 36.1 Å². The zero-order chi connectivity index (χ0) is 23.3. The predicted octanol–water partition coefficient (Wildman–Crippen LogP) is 4.03. The average Bonchev–Trinajstić information content (AvgIpc) is 2.81. The van der Waals surface area contributed by atoms with Crippen LogP contribution >= 0.6 is 0 Å². The molecule has 0 spiro atoms. The van der Waals surface area contributed by atoms with Crippen LogP contribution in [0.2, 0.25) is 12.1 Å². The molecule has 1 aromatic carbocycles. The van der Waals surface area contributed by atoms with E-state index in [4.69, 9.17) is 18.9 Å². The van der Waals surface area contributed by atoms with Gasteiger partial charge >= 0.3 is 0 Å². The minimum absolute atomic E-state index is 0.0184. The van der Waals surface area contributed by atoms with E-state index in [-0.39, 0.29) is 31.6 Å². The Kier molecular flexibility index (Phi) is 19.4. The van der Waals surface area contributed by atoms with Crippen molar-refractivity contribution in [2.24, 2.45) is 0 Å². The van der Waals surface area contributed by atoms with Gasteiger partial charge in [0, 0.05) is 26.4 Å². The molecule has 0 atom stereocenters. The summed E-state index contributed by atoms with van der Waals surface area (Å²) < 4.78 is 24.0. The number of hydrogen-bond acceptors (Lipinski definition) is 4. The fourth-order valence-corrected chi connectivity index (χ4v) is 6.25. The first-order valence-electron chi connectivity index (χ1n) is 13.3. The lowest BCUT2D eigenvalue weighted by molar-refractivity contribution is -0.131. The fraction of sp³-hybridized carbons (Fsp3) is 0.769. The van der Waals surface area contributed by atoms with E-state index >= 15 is 0 Å². The number of unbranched alkanes of at least 4 members (excludes halogenated alkanes) is 4. The third kappa shape index (κ3) is 15.4. The smallest absolute Gasteiger partial charge is 0.155 e. The van der Waals surface area contributed by atoms with E-state index in [1.807, 2.05) is 0 Å². The van der Waals surface area contributed by atoms with Gasteiger partial charge in [-0.3, -0.25) is 0 Å². The van der Waals surface area contributed by atoms with Crippen LogP contribution in [0.15, 0.2) is 24.3 Å². The molecule has 1 aromatic rings. The summed E-state index contributed by atoms with van der Waals surface area (Å²) in [6.45, 7) is 12.1. The highest BCUT2D eigenvalue weighted by atomic mass is 28.2. The first-order chi connectivity index (χ1) is 15.7. The van der Waals surface area contributed by atoms with Crippen molar-refractivity contribution in [3.05, 3.63) is 24.3 Å². The van der Waals surface area contributed by atoms with Crippen molar-refractivity contribution in [1.82, 2.24) is 0 Å². The molecule has 0 unspecified atom stereocenters. The molecule has 0 saturated carbocycles. The number of ether oxygens (including phenoxy) is 4. The summed E-state index contributed by atoms with van der Waals surface area (Å²) in [5, 5.41) is 3.00. The van der Waals surface area contributed by atoms with Gasteiger partial charge in [-0.15, -0.1) is 0 Å². The molecule has 0 fully saturated rings. The van der Waals surface area contributed by atoms with E-state index in [1.54, 1.807) is 0 Å². The summed E-state index contributed by atoms with van der Waals surface area (Å²) in [6.07, 6.45) is 9.07. The maximum Gasteiger partial charge on any atom is 0.155 e. The molecule has 0 aliphatic carbocycles. The molecule has 0 bridgehead atoms. The van der Waals surface area contributed by atoms with Crippen LogP contribution in [0.3, 0.4) is 0 Å². The molecule has 4 nitrogen and oxygen atoms in total. The van der Waals surface area contributed by atoms with Crippen molar-refractivity contribution in [3.8, 4) is 0 Å². The Morgan fingerprint density at radius 1 is 0.531 bits per heavy atom. The molecule has 0 aliphatic heterocycles. The molecular weight excluding hydrogens is 432 g/mol. The monoisotopic (exact) mass is 482 g/mol. The molecule has 0 amide bonds. The Hall–Kier alpha value is -0.506. The van der Waals surface area contributed by atoms with Crippen LogP contribution in [0.1, 0.15) is 79.1 Å². The molecule has 0 aliphatic rings. The fourth-order valence-electron chi connectivity index (χ4n) is 3.31. The van der Waals surface area contributed by atoms with Crippen LogP contribution in [-0.2, 0) is 18.9 Å². The molecule has 0 aromatic heterocycles. The first kappa shape index (κ1) is 29.5. The van der Waals surface area contributed by atoms with Gasteiger partial charge in [-0.1, -0.05) is 88.0 Å². The molecule has 0 heterocycles. The zero-order valence-electron chi connectivity index (χ0n) is 21.4. The SMILES string of the molecule is CCCCOC(C[SiH2]c1ccc([SiH2]CC(OCCCC)OCCCC)cc1)OCCCC. The van der Waals surface area contributed by atoms with Gasteiger partial charge in [0.25, 0.3) is 0 Å². The second kappa shape index (κ2) is 21.1. The third-order valence-corrected chi connectivity index (χ3v) is 9.18. The van der Waals surface area contributed by atoms with E-state index in [0.717, 1.165) is 64.2 Å². The Balaban J connectivity index is 2.45. The van der Waals surface area contributed by atoms with E-state index < -0.39 is 0 Å². The molecule has 0 saturated heterocycles. The van der Waals surface area contributed by atoms with Crippen LogP contribution in [0, 0.1) is 0 Å². The maximum absolute atomic E-state index is 6.01. The van der Waals surface area contributed by atoms with Crippen LogP contribution < -0.4 is 10.4 Å². The van der Waals surface area contributed by atoms with E-state index in [9.17, 15) is 0 Å². The lowest BCUT2D eigenvalue weighted by atomic mass is 10.3. The molecule has 1 rings (SSSR count). The number of benzene rings is 1. The van der Waals surface area contributed by atoms with Crippen molar-refractivity contribution in [1.29, 1.82) is 0 Å². The minimum Gasteiger partial charge on any atom is -0.353 e. The minimum atomic E-state index is -0.385. The normalized spacial score (nSPS) is 12.4. The van der Waals surface area contributed by atoms with Gasteiger partial charge < -0.3 is 18.9 Å². The maximum atomic E-state index is 6.01. The van der Waals surface area contributed by atoms with Gasteiger partial charge in [0.15, 0.2) is 12.6 Å². The highest BCUT2D eigenvalue weighted by Crippen LogP contribution is 2.07. The third-order valence-electron chi connectivity index (χ3n) is 5.57. The highest BCUT2D eigenvalue weighted by Gasteiger charge is 2.12. The summed E-state index contributed by atoms with van der Waals surface area (Å²) in [7, 11) is -0.770. The molecule has 32 heavy (non-hydrogen) atoms. The summed E-state index contributed by atoms with van der Waals surface area (Å²) in [5.74, 6) is 0. The molecule has 0 radical (unpaired) electrons. The van der Waals surface area contributed by atoms with Gasteiger partial charge in [-0.25, -0.2) is 0 Å². The summed E-state index contributed by atoms with van der Waals surface area (Å²) in [6, 6.07) is 11.5. The Labute approximate surface area is 202 Å². The van der Waals surface area contributed by atoms with Crippen LogP contribution in [0.5, 0.6) is 0 Å². The molecule has 6 heteroatoms. The van der Waals surface area contributed by atoms with E-state index in [2.05, 4.69) is 52.0 Å². The summed E-state index contributed by atoms with van der Waals surface area (Å²) in [5.41, 5.74) is 0. The second-order valence-electron chi connectivity index (χ2n) is 8.65. The van der Waals surface area contributed by atoms with Gasteiger partial charge in [-0.2, -0.15) is 0 Å². The quantitative estimate of drug-likeness (QED) is 0.142. The number of rotatable bonds is 22. The highest BCUT2D eigenvalue weighted by molar-refractivity contribution is 6.55. The van der Waals surface area contributed by atoms with Crippen molar-refractivity contribution >= 4 is 29.4 Å². The Morgan fingerprint density at radius 3 is 1.06 bits per heavy atom. The topological polar surface area (TPSA) is 36.9 Å². The van der Waals surface area contributed by atoms with Crippen molar-refractivity contribution in [2.75, 3.05) is 26.4 Å². The van der Waals surface area contributed by atoms with Crippen molar-refractivity contribution in [3.63, 3.8) is 0 Å². The van der Waals surface area contributed by atoms with Crippen LogP contribution in [0.25, 0.3) is 0 Å². The largest absolute Gasteiger partial charge is 0.353 e. The van der Waals surface area contributed by atoms with Gasteiger partial charge in [-0.05, 0) is 37.8 Å². The Bertz CT molecular complexity index is 460. The average molecular weight is 483 g/mol. The van der Waals surface area contributed by atoms with Gasteiger partial charge in [0.2, 0.25) is 0 Å². The van der Waals surface area contributed by atoms with Crippen LogP contribution in [-0.4, -0.2) is 58.0 Å². The lowest BCUT2D eigenvalue weighted by Crippen LogP contribution is -2.28. The second-order valence-corrected chi connectivity index (χ2v) is 12.4. The first-order valence-corrected chi connectivity index (χ1v) is 16.7. The lowest BCUT2D eigenvalue weighted by Gasteiger charge is -2.19. The van der Waals surface area contributed by atoms with Gasteiger partial charge in [0.05, 0.1) is 19.0 Å². The number of hydrogen-bond donors (Lipinski definition) is 0. The van der Waals surface area contributed by atoms with Crippen LogP contribution in [0.4, 0.5) is 0 Å². The van der Waals surface area contributed by atoms with Crippen molar-refractivity contribution in [2.45, 2.75) is 104 Å². The van der Waals surface area contributed by atoms with Gasteiger partial charge in [0.1, 0.15) is 0 Å². The predicted molar refractivity (Wildman–Crippen MR) is 143 cm³/mol. The standard InChI is InChI=1S/C26H50O4Si2/c1-5-9-17-27-25(28-18-10-6-2)21-31-23-13-15-24(16-14-23)32-22-26(29-19-11-7-3)30-20-12-8-4/h13-16,25-26H,5-12,17-22,31-32H2,1-4H3. The zero-order valence-corrected chi connectivity index (χ0v) is 24.2. The summed E-state index contributed by atoms with van der Waals surface area (Å²) in [4.78, 5) is 0. The summed E-state index contributed by atoms with van der Waals surface area (Å²) >= 11 is 0.